The normalized spacial score (nSPS) is 30.5. The maximum absolute atomic E-state index is 13.6. The summed E-state index contributed by atoms with van der Waals surface area (Å²) in [4.78, 5) is 30.3. The van der Waals surface area contributed by atoms with Gasteiger partial charge >= 0.3 is 6.03 Å². The van der Waals surface area contributed by atoms with E-state index in [1.165, 1.54) is 37.7 Å². The highest BCUT2D eigenvalue weighted by Crippen LogP contribution is 2.52. The number of nitrogens with zero attached hydrogens (tertiary/aromatic N) is 2. The van der Waals surface area contributed by atoms with Gasteiger partial charge in [-0.25, -0.2) is 4.79 Å². The molecule has 1 N–H and O–H groups in total. The second-order valence-electron chi connectivity index (χ2n) is 11.8. The Balaban J connectivity index is 1.37. The minimum absolute atomic E-state index is 0.0162. The summed E-state index contributed by atoms with van der Waals surface area (Å²) in [7, 11) is 0. The topological polar surface area (TPSA) is 52.7 Å². The molecule has 34 heavy (non-hydrogen) atoms. The van der Waals surface area contributed by atoms with Crippen LogP contribution in [0.25, 0.3) is 0 Å². The summed E-state index contributed by atoms with van der Waals surface area (Å²) in [6.07, 6.45) is 12.7. The zero-order valence-corrected chi connectivity index (χ0v) is 21.2. The molecule has 1 spiro atoms. The lowest BCUT2D eigenvalue weighted by molar-refractivity contribution is -0.121. The molecule has 3 saturated carbocycles. The lowest BCUT2D eigenvalue weighted by atomic mass is 9.58. The number of hydrogen-bond donors (Lipinski definition) is 1. The first kappa shape index (κ1) is 23.7. The molecular weight excluding hydrogens is 422 g/mol. The SMILES string of the molecule is CCCC(C)[C@]1(c2ccccc2)CC[C@]2(CC1)CN(CC(=O)NC1CC1)C(=O)N2CC1CCC1. The smallest absolute Gasteiger partial charge is 0.321 e. The predicted octanol–water partition coefficient (Wildman–Crippen LogP) is 5.49. The average molecular weight is 466 g/mol. The Morgan fingerprint density at radius 2 is 1.79 bits per heavy atom. The van der Waals surface area contributed by atoms with E-state index in [9.17, 15) is 9.59 Å². The van der Waals surface area contributed by atoms with Gasteiger partial charge in [0.05, 0.1) is 5.54 Å². The quantitative estimate of drug-likeness (QED) is 0.524. The van der Waals surface area contributed by atoms with Crippen LogP contribution in [0.3, 0.4) is 0 Å². The third kappa shape index (κ3) is 4.47. The number of urea groups is 1. The van der Waals surface area contributed by atoms with Gasteiger partial charge in [0.1, 0.15) is 6.54 Å². The van der Waals surface area contributed by atoms with Crippen LogP contribution in [0, 0.1) is 11.8 Å². The van der Waals surface area contributed by atoms with E-state index in [0.717, 1.165) is 45.1 Å². The Morgan fingerprint density at radius 3 is 2.38 bits per heavy atom. The number of nitrogens with one attached hydrogen (secondary N) is 1. The second kappa shape index (κ2) is 9.54. The minimum atomic E-state index is -0.114. The number of rotatable bonds is 9. The van der Waals surface area contributed by atoms with Crippen molar-refractivity contribution in [2.45, 2.75) is 101 Å². The first-order chi connectivity index (χ1) is 16.5. The summed E-state index contributed by atoms with van der Waals surface area (Å²) < 4.78 is 0. The van der Waals surface area contributed by atoms with Crippen molar-refractivity contribution in [2.75, 3.05) is 19.6 Å². The number of carbonyl (C=O) groups is 2. The van der Waals surface area contributed by atoms with Gasteiger partial charge in [-0.3, -0.25) is 4.79 Å². The molecule has 0 radical (unpaired) electrons. The van der Waals surface area contributed by atoms with E-state index in [1.807, 2.05) is 4.90 Å². The molecule has 1 atom stereocenters. The van der Waals surface area contributed by atoms with Crippen molar-refractivity contribution >= 4 is 11.9 Å². The van der Waals surface area contributed by atoms with E-state index >= 15 is 0 Å². The molecule has 0 bridgehead atoms. The fourth-order valence-corrected chi connectivity index (χ4v) is 7.02. The van der Waals surface area contributed by atoms with Crippen LogP contribution in [-0.2, 0) is 10.2 Å². The molecule has 5 nitrogen and oxygen atoms in total. The first-order valence-corrected chi connectivity index (χ1v) is 13.9. The summed E-state index contributed by atoms with van der Waals surface area (Å²) in [5.74, 6) is 1.28. The van der Waals surface area contributed by atoms with Crippen molar-refractivity contribution in [2.24, 2.45) is 11.8 Å². The third-order valence-corrected chi connectivity index (χ3v) is 9.59. The molecule has 5 heteroatoms. The molecule has 1 aliphatic heterocycles. The van der Waals surface area contributed by atoms with Crippen molar-refractivity contribution in [3.63, 3.8) is 0 Å². The molecule has 5 rings (SSSR count). The molecule has 3 aliphatic carbocycles. The van der Waals surface area contributed by atoms with Gasteiger partial charge in [-0.05, 0) is 74.2 Å². The van der Waals surface area contributed by atoms with Gasteiger partial charge in [0.15, 0.2) is 0 Å². The van der Waals surface area contributed by atoms with Gasteiger partial charge in [0, 0.05) is 19.1 Å². The van der Waals surface area contributed by atoms with E-state index < -0.39 is 0 Å². The summed E-state index contributed by atoms with van der Waals surface area (Å²) in [6.45, 7) is 6.54. The van der Waals surface area contributed by atoms with Crippen molar-refractivity contribution in [1.29, 1.82) is 0 Å². The van der Waals surface area contributed by atoms with Crippen LogP contribution in [0.15, 0.2) is 30.3 Å². The molecular formula is C29H43N3O2. The van der Waals surface area contributed by atoms with Gasteiger partial charge in [0.2, 0.25) is 5.91 Å². The Kier molecular flexibility index (Phi) is 6.65. The third-order valence-electron chi connectivity index (χ3n) is 9.59. The van der Waals surface area contributed by atoms with E-state index in [2.05, 4.69) is 54.4 Å². The summed E-state index contributed by atoms with van der Waals surface area (Å²) >= 11 is 0. The van der Waals surface area contributed by atoms with Crippen LogP contribution >= 0.6 is 0 Å². The van der Waals surface area contributed by atoms with Crippen LogP contribution in [0.2, 0.25) is 0 Å². The zero-order chi connectivity index (χ0) is 23.8. The van der Waals surface area contributed by atoms with Crippen molar-refractivity contribution in [1.82, 2.24) is 15.1 Å². The predicted molar refractivity (Wildman–Crippen MR) is 136 cm³/mol. The summed E-state index contributed by atoms with van der Waals surface area (Å²) in [6, 6.07) is 11.6. The minimum Gasteiger partial charge on any atom is -0.352 e. The summed E-state index contributed by atoms with van der Waals surface area (Å²) in [5, 5.41) is 3.08. The fraction of sp³-hybridized carbons (Fsp3) is 0.724. The molecule has 4 aliphatic rings. The molecule has 4 fully saturated rings. The standard InChI is InChI=1S/C29H43N3O2/c1-3-8-22(2)29(24-11-5-4-6-12-24)17-15-28(16-18-29)21-31(20-26(33)30-25-13-14-25)27(34)32(28)19-23-9-7-10-23/h4-6,11-12,22-23,25H,3,7-10,13-21H2,1-2H3,(H,30,33)/t22?,28-,29-. The Hall–Kier alpha value is -2.04. The summed E-state index contributed by atoms with van der Waals surface area (Å²) in [5.41, 5.74) is 1.54. The number of benzene rings is 1. The zero-order valence-electron chi connectivity index (χ0n) is 21.2. The van der Waals surface area contributed by atoms with Crippen LogP contribution in [0.4, 0.5) is 4.79 Å². The first-order valence-electron chi connectivity index (χ1n) is 13.9. The van der Waals surface area contributed by atoms with E-state index in [1.54, 1.807) is 0 Å². The fourth-order valence-electron chi connectivity index (χ4n) is 7.02. The number of carbonyl (C=O) groups excluding carboxylic acids is 2. The van der Waals surface area contributed by atoms with Crippen molar-refractivity contribution < 1.29 is 9.59 Å². The van der Waals surface area contributed by atoms with E-state index in [4.69, 9.17) is 0 Å². The van der Waals surface area contributed by atoms with E-state index in [-0.39, 0.29) is 29.4 Å². The van der Waals surface area contributed by atoms with Crippen molar-refractivity contribution in [3.8, 4) is 0 Å². The lowest BCUT2D eigenvalue weighted by Gasteiger charge is -2.51. The maximum atomic E-state index is 13.6. The monoisotopic (exact) mass is 465 g/mol. The molecule has 1 aromatic rings. The molecule has 1 saturated heterocycles. The molecule has 1 heterocycles. The van der Waals surface area contributed by atoms with Crippen molar-refractivity contribution in [3.05, 3.63) is 35.9 Å². The highest BCUT2D eigenvalue weighted by molar-refractivity contribution is 5.86. The highest BCUT2D eigenvalue weighted by Gasteiger charge is 2.55. The van der Waals surface area contributed by atoms with Gasteiger partial charge in [0.25, 0.3) is 0 Å². The second-order valence-corrected chi connectivity index (χ2v) is 11.8. The maximum Gasteiger partial charge on any atom is 0.321 e. The van der Waals surface area contributed by atoms with Crippen LogP contribution in [-0.4, -0.2) is 53.0 Å². The molecule has 3 amide bonds. The molecule has 0 aromatic heterocycles. The van der Waals surface area contributed by atoms with Crippen LogP contribution in [0.1, 0.15) is 90.0 Å². The van der Waals surface area contributed by atoms with Crippen LogP contribution in [0.5, 0.6) is 0 Å². The Morgan fingerprint density at radius 1 is 1.09 bits per heavy atom. The molecule has 186 valence electrons. The average Bonchev–Trinajstić information content (AvgIpc) is 3.58. The Labute approximate surface area is 205 Å². The number of hydrogen-bond acceptors (Lipinski definition) is 2. The largest absolute Gasteiger partial charge is 0.352 e. The lowest BCUT2D eigenvalue weighted by Crippen LogP contribution is -2.55. The molecule has 1 aromatic carbocycles. The molecule has 1 unspecified atom stereocenters. The van der Waals surface area contributed by atoms with Gasteiger partial charge in [-0.2, -0.15) is 0 Å². The Bertz CT molecular complexity index is 869. The highest BCUT2D eigenvalue weighted by atomic mass is 16.2. The van der Waals surface area contributed by atoms with Crippen LogP contribution < -0.4 is 5.32 Å². The van der Waals surface area contributed by atoms with Gasteiger partial charge in [-0.1, -0.05) is 63.4 Å². The van der Waals surface area contributed by atoms with Gasteiger partial charge in [-0.15, -0.1) is 0 Å². The number of amides is 3. The van der Waals surface area contributed by atoms with E-state index in [0.29, 0.717) is 24.4 Å². The van der Waals surface area contributed by atoms with Gasteiger partial charge < -0.3 is 15.1 Å².